The molecule has 3 heteroatoms. The van der Waals surface area contributed by atoms with Crippen molar-refractivity contribution in [1.82, 2.24) is 4.90 Å². The maximum atomic E-state index is 11.2. The fraction of sp³-hybridized carbons (Fsp3) is 0.750. The second-order valence-corrected chi connectivity index (χ2v) is 5.20. The molecule has 3 nitrogen and oxygen atoms in total. The van der Waals surface area contributed by atoms with Crippen molar-refractivity contribution in [2.24, 2.45) is 5.41 Å². The molecule has 0 spiro atoms. The predicted octanol–water partition coefficient (Wildman–Crippen LogP) is 2.57. The molecule has 1 heterocycles. The zero-order chi connectivity index (χ0) is 11.7. The quantitative estimate of drug-likeness (QED) is 0.674. The lowest BCUT2D eigenvalue weighted by Gasteiger charge is -2.46. The van der Waals surface area contributed by atoms with Crippen molar-refractivity contribution >= 4 is 6.09 Å². The van der Waals surface area contributed by atoms with E-state index in [2.05, 4.69) is 26.7 Å². The van der Waals surface area contributed by atoms with Crippen molar-refractivity contribution < 1.29 is 9.90 Å². The second kappa shape index (κ2) is 3.77. The second-order valence-electron chi connectivity index (χ2n) is 5.20. The van der Waals surface area contributed by atoms with E-state index in [4.69, 9.17) is 6.42 Å². The topological polar surface area (TPSA) is 40.5 Å². The minimum Gasteiger partial charge on any atom is -0.465 e. The maximum Gasteiger partial charge on any atom is 0.407 e. The van der Waals surface area contributed by atoms with Gasteiger partial charge in [-0.15, -0.1) is 12.3 Å². The van der Waals surface area contributed by atoms with Crippen LogP contribution in [0.5, 0.6) is 0 Å². The molecule has 1 atom stereocenters. The van der Waals surface area contributed by atoms with Crippen LogP contribution < -0.4 is 0 Å². The molecule has 84 valence electrons. The molecule has 15 heavy (non-hydrogen) atoms. The third kappa shape index (κ3) is 1.81. The van der Waals surface area contributed by atoms with Crippen LogP contribution in [-0.2, 0) is 0 Å². The smallest absolute Gasteiger partial charge is 0.407 e. The Morgan fingerprint density at radius 3 is 2.60 bits per heavy atom. The highest BCUT2D eigenvalue weighted by Crippen LogP contribution is 2.45. The molecule has 0 radical (unpaired) electrons. The average molecular weight is 209 g/mol. The predicted molar refractivity (Wildman–Crippen MR) is 59.6 cm³/mol. The number of hydrogen-bond acceptors (Lipinski definition) is 1. The van der Waals surface area contributed by atoms with Gasteiger partial charge >= 0.3 is 6.09 Å². The molecule has 0 aliphatic carbocycles. The zero-order valence-electron chi connectivity index (χ0n) is 9.71. The fourth-order valence-electron chi connectivity index (χ4n) is 2.56. The highest BCUT2D eigenvalue weighted by Gasteiger charge is 2.51. The Hall–Kier alpha value is -1.17. The van der Waals surface area contributed by atoms with Gasteiger partial charge in [0.25, 0.3) is 0 Å². The molecule has 0 aromatic rings. The van der Waals surface area contributed by atoms with E-state index in [9.17, 15) is 9.90 Å². The summed E-state index contributed by atoms with van der Waals surface area (Å²) in [4.78, 5) is 12.7. The summed E-state index contributed by atoms with van der Waals surface area (Å²) in [6.45, 7) is 6.79. The Morgan fingerprint density at radius 2 is 2.20 bits per heavy atom. The molecule has 1 saturated heterocycles. The van der Waals surface area contributed by atoms with Gasteiger partial charge in [-0.05, 0) is 18.3 Å². The van der Waals surface area contributed by atoms with Crippen molar-refractivity contribution in [3.05, 3.63) is 0 Å². The molecule has 0 aromatic carbocycles. The van der Waals surface area contributed by atoms with Crippen LogP contribution in [0.2, 0.25) is 0 Å². The summed E-state index contributed by atoms with van der Waals surface area (Å²) in [7, 11) is 0. The number of carbonyl (C=O) groups is 1. The average Bonchev–Trinajstić information content (AvgIpc) is 2.48. The van der Waals surface area contributed by atoms with Crippen molar-refractivity contribution in [2.45, 2.75) is 45.6 Å². The van der Waals surface area contributed by atoms with Crippen molar-refractivity contribution in [1.29, 1.82) is 0 Å². The SMILES string of the molecule is C#CC[C@]1(C(C)(C)C)CCCN1C(=O)O. The number of likely N-dealkylation sites (tertiary alicyclic amines) is 1. The summed E-state index contributed by atoms with van der Waals surface area (Å²) in [5.74, 6) is 2.64. The first-order valence-electron chi connectivity index (χ1n) is 5.29. The Balaban J connectivity index is 3.11. The molecular weight excluding hydrogens is 190 g/mol. The number of terminal acetylenes is 1. The first-order valence-corrected chi connectivity index (χ1v) is 5.29. The number of hydrogen-bond donors (Lipinski definition) is 1. The molecule has 1 aliphatic rings. The van der Waals surface area contributed by atoms with Crippen LogP contribution in [0.25, 0.3) is 0 Å². The molecule has 0 aromatic heterocycles. The van der Waals surface area contributed by atoms with Gasteiger partial charge in [0.05, 0.1) is 5.54 Å². The standard InChI is InChI=1S/C12H19NO2/c1-5-7-12(11(2,3)4)8-6-9-13(12)10(14)15/h1H,6-9H2,2-4H3,(H,14,15)/t12-/m1/s1. The van der Waals surface area contributed by atoms with Gasteiger partial charge in [0.2, 0.25) is 0 Å². The minimum absolute atomic E-state index is 0.117. The Labute approximate surface area is 91.5 Å². The molecule has 1 amide bonds. The Kier molecular flexibility index (Phi) is 2.99. The summed E-state index contributed by atoms with van der Waals surface area (Å²) in [6.07, 6.45) is 6.81. The number of rotatable bonds is 1. The molecular formula is C12H19NO2. The third-order valence-corrected chi connectivity index (χ3v) is 3.51. The first-order chi connectivity index (χ1) is 6.85. The van der Waals surface area contributed by atoms with Crippen LogP contribution in [0.3, 0.4) is 0 Å². The fourth-order valence-corrected chi connectivity index (χ4v) is 2.56. The van der Waals surface area contributed by atoms with Crippen molar-refractivity contribution in [2.75, 3.05) is 6.54 Å². The van der Waals surface area contributed by atoms with Crippen LogP contribution in [0.15, 0.2) is 0 Å². The highest BCUT2D eigenvalue weighted by molar-refractivity contribution is 5.67. The van der Waals surface area contributed by atoms with Crippen LogP contribution in [-0.4, -0.2) is 28.2 Å². The van der Waals surface area contributed by atoms with Crippen LogP contribution in [0.1, 0.15) is 40.0 Å². The highest BCUT2D eigenvalue weighted by atomic mass is 16.4. The van der Waals surface area contributed by atoms with Gasteiger partial charge in [-0.25, -0.2) is 4.79 Å². The Morgan fingerprint density at radius 1 is 1.60 bits per heavy atom. The van der Waals surface area contributed by atoms with Crippen LogP contribution >= 0.6 is 0 Å². The molecule has 0 unspecified atom stereocenters. The van der Waals surface area contributed by atoms with E-state index in [1.165, 1.54) is 4.90 Å². The van der Waals surface area contributed by atoms with Crippen molar-refractivity contribution in [3.63, 3.8) is 0 Å². The van der Waals surface area contributed by atoms with E-state index in [1.807, 2.05) is 0 Å². The van der Waals surface area contributed by atoms with E-state index >= 15 is 0 Å². The zero-order valence-corrected chi connectivity index (χ0v) is 9.71. The molecule has 1 fully saturated rings. The van der Waals surface area contributed by atoms with Gasteiger partial charge in [-0.2, -0.15) is 0 Å². The van der Waals surface area contributed by atoms with E-state index in [-0.39, 0.29) is 11.0 Å². The molecule has 0 bridgehead atoms. The molecule has 1 rings (SSSR count). The summed E-state index contributed by atoms with van der Waals surface area (Å²) >= 11 is 0. The van der Waals surface area contributed by atoms with E-state index in [0.29, 0.717) is 13.0 Å². The van der Waals surface area contributed by atoms with E-state index in [1.54, 1.807) is 0 Å². The van der Waals surface area contributed by atoms with E-state index in [0.717, 1.165) is 12.8 Å². The summed E-state index contributed by atoms with van der Waals surface area (Å²) in [6, 6.07) is 0. The Bertz CT molecular complexity index is 298. The monoisotopic (exact) mass is 209 g/mol. The number of nitrogens with zero attached hydrogens (tertiary/aromatic N) is 1. The first kappa shape index (κ1) is 11.9. The lowest BCUT2D eigenvalue weighted by atomic mass is 9.70. The van der Waals surface area contributed by atoms with Gasteiger partial charge in [0, 0.05) is 13.0 Å². The summed E-state index contributed by atoms with van der Waals surface area (Å²) < 4.78 is 0. The lowest BCUT2D eigenvalue weighted by molar-refractivity contribution is 0.0343. The molecule has 0 saturated carbocycles. The van der Waals surface area contributed by atoms with Gasteiger partial charge in [-0.1, -0.05) is 20.8 Å². The van der Waals surface area contributed by atoms with Gasteiger partial charge in [0.1, 0.15) is 0 Å². The summed E-state index contributed by atoms with van der Waals surface area (Å²) in [5, 5.41) is 9.20. The van der Waals surface area contributed by atoms with Gasteiger partial charge in [-0.3, -0.25) is 0 Å². The molecule has 1 N–H and O–H groups in total. The number of amides is 1. The van der Waals surface area contributed by atoms with Gasteiger partial charge in [0.15, 0.2) is 0 Å². The van der Waals surface area contributed by atoms with Crippen molar-refractivity contribution in [3.8, 4) is 12.3 Å². The van der Waals surface area contributed by atoms with Gasteiger partial charge < -0.3 is 10.0 Å². The number of carboxylic acid groups (broad SMARTS) is 1. The normalized spacial score (nSPS) is 26.4. The largest absolute Gasteiger partial charge is 0.465 e. The van der Waals surface area contributed by atoms with E-state index < -0.39 is 6.09 Å². The molecule has 1 aliphatic heterocycles. The maximum absolute atomic E-state index is 11.2. The lowest BCUT2D eigenvalue weighted by Crippen LogP contribution is -2.55. The van der Waals surface area contributed by atoms with Crippen LogP contribution in [0, 0.1) is 17.8 Å². The third-order valence-electron chi connectivity index (χ3n) is 3.51. The minimum atomic E-state index is -0.849. The summed E-state index contributed by atoms with van der Waals surface area (Å²) in [5.41, 5.74) is -0.498. The van der Waals surface area contributed by atoms with Crippen LogP contribution in [0.4, 0.5) is 4.79 Å².